The van der Waals surface area contributed by atoms with Gasteiger partial charge in [-0.25, -0.2) is 0 Å². The quantitative estimate of drug-likeness (QED) is 0.656. The third-order valence-corrected chi connectivity index (χ3v) is 1.57. The minimum absolute atomic E-state index is 0.230. The molecular formula is C6H3F7O2. The second-order valence-electron chi connectivity index (χ2n) is 2.75. The van der Waals surface area contributed by atoms with Crippen LogP contribution >= 0.6 is 0 Å². The van der Waals surface area contributed by atoms with Gasteiger partial charge in [0.05, 0.1) is 0 Å². The highest BCUT2D eigenvalue weighted by molar-refractivity contribution is 5.04. The minimum Gasteiger partial charge on any atom is -0.410 e. The van der Waals surface area contributed by atoms with E-state index in [0.717, 1.165) is 0 Å². The van der Waals surface area contributed by atoms with E-state index in [4.69, 9.17) is 0 Å². The van der Waals surface area contributed by atoms with Gasteiger partial charge in [-0.3, -0.25) is 0 Å². The Balaban J connectivity index is 3.16. The molecule has 0 bridgehead atoms. The van der Waals surface area contributed by atoms with Crippen LogP contribution in [0.4, 0.5) is 30.7 Å². The number of alkyl halides is 5. The average Bonchev–Trinajstić information content (AvgIpc) is 2.26. The van der Waals surface area contributed by atoms with Gasteiger partial charge in [-0.15, -0.1) is 0 Å². The van der Waals surface area contributed by atoms with Gasteiger partial charge in [-0.05, 0) is 0 Å². The molecule has 0 aromatic rings. The van der Waals surface area contributed by atoms with Crippen LogP contribution in [0.3, 0.4) is 0 Å². The third kappa shape index (κ3) is 1.59. The predicted molar refractivity (Wildman–Crippen MR) is 30.8 cm³/mol. The van der Waals surface area contributed by atoms with Gasteiger partial charge in [-0.1, -0.05) is 0 Å². The fourth-order valence-electron chi connectivity index (χ4n) is 0.897. The molecule has 1 aliphatic rings. The Morgan fingerprint density at radius 2 is 1.27 bits per heavy atom. The SMILES string of the molecule is CC(F)(F)C1(C(F)(F)F)OC(F)=C(F)O1. The fourth-order valence-corrected chi connectivity index (χ4v) is 0.897. The molecule has 0 aliphatic carbocycles. The van der Waals surface area contributed by atoms with Crippen LogP contribution in [0.2, 0.25) is 0 Å². The summed E-state index contributed by atoms with van der Waals surface area (Å²) in [6.45, 7) is -0.230. The van der Waals surface area contributed by atoms with Crippen LogP contribution in [0.15, 0.2) is 12.0 Å². The van der Waals surface area contributed by atoms with E-state index in [0.29, 0.717) is 0 Å². The lowest BCUT2D eigenvalue weighted by molar-refractivity contribution is -0.409. The van der Waals surface area contributed by atoms with E-state index in [9.17, 15) is 30.7 Å². The van der Waals surface area contributed by atoms with E-state index in [1.807, 2.05) is 0 Å². The average molecular weight is 240 g/mol. The summed E-state index contributed by atoms with van der Waals surface area (Å²) in [5, 5.41) is 0. The molecule has 0 radical (unpaired) electrons. The smallest absolute Gasteiger partial charge is 0.410 e. The van der Waals surface area contributed by atoms with Crippen molar-refractivity contribution in [3.05, 3.63) is 12.0 Å². The molecule has 0 unspecified atom stereocenters. The molecule has 0 atom stereocenters. The van der Waals surface area contributed by atoms with Crippen LogP contribution in [0.1, 0.15) is 6.92 Å². The van der Waals surface area contributed by atoms with Crippen LogP contribution in [-0.4, -0.2) is 17.9 Å². The Bertz CT molecular complexity index is 270. The third-order valence-electron chi connectivity index (χ3n) is 1.57. The van der Waals surface area contributed by atoms with Gasteiger partial charge in [-0.2, -0.15) is 30.7 Å². The molecule has 9 heteroatoms. The highest BCUT2D eigenvalue weighted by Crippen LogP contribution is 2.51. The fraction of sp³-hybridized carbons (Fsp3) is 0.667. The van der Waals surface area contributed by atoms with Gasteiger partial charge in [0.25, 0.3) is 0 Å². The Kier molecular flexibility index (Phi) is 2.32. The van der Waals surface area contributed by atoms with Gasteiger partial charge in [0, 0.05) is 6.92 Å². The summed E-state index contributed by atoms with van der Waals surface area (Å²) in [5.41, 5.74) is 0. The standard InChI is InChI=1S/C6H3F7O2/c1-4(9,10)5(6(11,12)13)14-2(7)3(8)15-5/h1H3. The van der Waals surface area contributed by atoms with Crippen LogP contribution < -0.4 is 0 Å². The molecule has 0 fully saturated rings. The lowest BCUT2D eigenvalue weighted by Crippen LogP contribution is -2.58. The Hall–Kier alpha value is -1.15. The van der Waals surface area contributed by atoms with Gasteiger partial charge in [0.2, 0.25) is 0 Å². The summed E-state index contributed by atoms with van der Waals surface area (Å²) in [4.78, 5) is 0. The van der Waals surface area contributed by atoms with E-state index in [-0.39, 0.29) is 6.92 Å². The van der Waals surface area contributed by atoms with Crippen molar-refractivity contribution in [2.75, 3.05) is 0 Å². The zero-order valence-electron chi connectivity index (χ0n) is 6.96. The van der Waals surface area contributed by atoms with Crippen molar-refractivity contribution in [3.8, 4) is 0 Å². The molecule has 1 heterocycles. The maximum atomic E-state index is 12.6. The second kappa shape index (κ2) is 2.92. The first kappa shape index (κ1) is 11.9. The number of rotatable bonds is 1. The zero-order valence-corrected chi connectivity index (χ0v) is 6.96. The molecule has 15 heavy (non-hydrogen) atoms. The summed E-state index contributed by atoms with van der Waals surface area (Å²) in [6, 6.07) is -4.93. The normalized spacial score (nSPS) is 21.3. The molecule has 0 aromatic heterocycles. The molecular weight excluding hydrogens is 237 g/mol. The van der Waals surface area contributed by atoms with Gasteiger partial charge < -0.3 is 9.47 Å². The summed E-state index contributed by atoms with van der Waals surface area (Å²) < 4.78 is 92.4. The van der Waals surface area contributed by atoms with E-state index in [1.54, 1.807) is 0 Å². The monoisotopic (exact) mass is 240 g/mol. The van der Waals surface area contributed by atoms with Crippen molar-refractivity contribution in [2.45, 2.75) is 24.8 Å². The predicted octanol–water partition coefficient (Wildman–Crippen LogP) is 3.01. The Morgan fingerprint density at radius 3 is 1.40 bits per heavy atom. The molecule has 0 N–H and O–H groups in total. The van der Waals surface area contributed by atoms with E-state index in [1.165, 1.54) is 0 Å². The maximum Gasteiger partial charge on any atom is 0.475 e. The van der Waals surface area contributed by atoms with Crippen molar-refractivity contribution in [1.82, 2.24) is 0 Å². The van der Waals surface area contributed by atoms with E-state index >= 15 is 0 Å². The first-order valence-corrected chi connectivity index (χ1v) is 3.39. The summed E-state index contributed by atoms with van der Waals surface area (Å²) in [7, 11) is 0. The van der Waals surface area contributed by atoms with Gasteiger partial charge in [0.15, 0.2) is 0 Å². The van der Waals surface area contributed by atoms with E-state index in [2.05, 4.69) is 9.47 Å². The summed E-state index contributed by atoms with van der Waals surface area (Å²) in [5.74, 6) is -9.31. The lowest BCUT2D eigenvalue weighted by Gasteiger charge is -2.33. The van der Waals surface area contributed by atoms with Crippen molar-refractivity contribution < 1.29 is 40.2 Å². The molecule has 0 saturated carbocycles. The number of halogens is 7. The molecule has 0 amide bonds. The molecule has 0 spiro atoms. The molecule has 1 aliphatic heterocycles. The maximum absolute atomic E-state index is 12.6. The first-order valence-electron chi connectivity index (χ1n) is 3.39. The number of ether oxygens (including phenoxy) is 2. The van der Waals surface area contributed by atoms with E-state index < -0.39 is 29.9 Å². The van der Waals surface area contributed by atoms with Crippen LogP contribution in [0.5, 0.6) is 0 Å². The van der Waals surface area contributed by atoms with Crippen molar-refractivity contribution in [3.63, 3.8) is 0 Å². The van der Waals surface area contributed by atoms with Crippen LogP contribution in [0, 0.1) is 0 Å². The van der Waals surface area contributed by atoms with Crippen molar-refractivity contribution in [1.29, 1.82) is 0 Å². The Morgan fingerprint density at radius 1 is 0.933 bits per heavy atom. The minimum atomic E-state index is -5.80. The molecule has 0 aromatic carbocycles. The number of hydrogen-bond donors (Lipinski definition) is 0. The number of hydrogen-bond acceptors (Lipinski definition) is 2. The topological polar surface area (TPSA) is 18.5 Å². The summed E-state index contributed by atoms with van der Waals surface area (Å²) >= 11 is 0. The molecule has 2 nitrogen and oxygen atoms in total. The molecule has 1 rings (SSSR count). The first-order chi connectivity index (χ1) is 6.51. The highest BCUT2D eigenvalue weighted by Gasteiger charge is 2.76. The van der Waals surface area contributed by atoms with Crippen molar-refractivity contribution in [2.24, 2.45) is 0 Å². The second-order valence-corrected chi connectivity index (χ2v) is 2.75. The van der Waals surface area contributed by atoms with Gasteiger partial charge in [0.1, 0.15) is 0 Å². The largest absolute Gasteiger partial charge is 0.475 e. The van der Waals surface area contributed by atoms with Crippen LogP contribution in [-0.2, 0) is 9.47 Å². The lowest BCUT2D eigenvalue weighted by atomic mass is 10.1. The zero-order chi connectivity index (χ0) is 12.1. The van der Waals surface area contributed by atoms with Gasteiger partial charge >= 0.3 is 29.9 Å². The summed E-state index contributed by atoms with van der Waals surface area (Å²) in [6.07, 6.45) is -5.80. The highest BCUT2D eigenvalue weighted by atomic mass is 19.4. The van der Waals surface area contributed by atoms with Crippen molar-refractivity contribution >= 4 is 0 Å². The Labute approximate surface area is 78.3 Å². The molecule has 88 valence electrons. The van der Waals surface area contributed by atoms with Crippen LogP contribution in [0.25, 0.3) is 0 Å². The molecule has 0 saturated heterocycles.